The van der Waals surface area contributed by atoms with E-state index in [0.29, 0.717) is 6.61 Å². The number of hydrogen-bond donors (Lipinski definition) is 1. The second-order valence-corrected chi connectivity index (χ2v) is 3.60. The van der Waals surface area contributed by atoms with Crippen LogP contribution >= 0.6 is 0 Å². The van der Waals surface area contributed by atoms with Crippen LogP contribution < -0.4 is 4.74 Å². The lowest BCUT2D eigenvalue weighted by molar-refractivity contribution is -0.112. The van der Waals surface area contributed by atoms with E-state index in [-0.39, 0.29) is 6.42 Å². The van der Waals surface area contributed by atoms with Crippen LogP contribution in [0.2, 0.25) is 0 Å². The molecule has 1 atom stereocenters. The van der Waals surface area contributed by atoms with Gasteiger partial charge in [-0.2, -0.15) is 0 Å². The Balaban J connectivity index is 2.83. The van der Waals surface area contributed by atoms with Crippen molar-refractivity contribution in [3.05, 3.63) is 29.8 Å². The predicted molar refractivity (Wildman–Crippen MR) is 57.9 cm³/mol. The highest BCUT2D eigenvalue weighted by molar-refractivity contribution is 5.52. The van der Waals surface area contributed by atoms with Crippen LogP contribution in [0.4, 0.5) is 0 Å². The van der Waals surface area contributed by atoms with Crippen molar-refractivity contribution in [2.75, 3.05) is 6.61 Å². The first-order valence-electron chi connectivity index (χ1n) is 4.99. The molecular weight excluding hydrogens is 192 g/mol. The Bertz CT molecular complexity index is 314. The Morgan fingerprint density at radius 2 is 2.00 bits per heavy atom. The molecule has 15 heavy (non-hydrogen) atoms. The molecule has 3 nitrogen and oxygen atoms in total. The first-order chi connectivity index (χ1) is 7.10. The van der Waals surface area contributed by atoms with Crippen molar-refractivity contribution in [3.8, 4) is 5.75 Å². The molecule has 0 amide bonds. The van der Waals surface area contributed by atoms with E-state index in [1.807, 2.05) is 6.92 Å². The molecule has 0 saturated carbocycles. The van der Waals surface area contributed by atoms with Crippen LogP contribution in [0.1, 0.15) is 25.8 Å². The number of hydrogen-bond acceptors (Lipinski definition) is 3. The van der Waals surface area contributed by atoms with E-state index in [0.717, 1.165) is 17.6 Å². The maximum absolute atomic E-state index is 10.4. The van der Waals surface area contributed by atoms with Crippen molar-refractivity contribution < 1.29 is 14.6 Å². The molecule has 0 heterocycles. The summed E-state index contributed by atoms with van der Waals surface area (Å²) in [6.45, 7) is 4.15. The Kier molecular flexibility index (Phi) is 3.86. The average molecular weight is 208 g/mol. The van der Waals surface area contributed by atoms with Crippen molar-refractivity contribution in [2.24, 2.45) is 0 Å². The van der Waals surface area contributed by atoms with E-state index in [9.17, 15) is 9.90 Å². The summed E-state index contributed by atoms with van der Waals surface area (Å²) in [6, 6.07) is 7.12. The Morgan fingerprint density at radius 1 is 1.40 bits per heavy atom. The SMILES string of the molecule is CCOc1ccc(C(C)(O)CC=O)cc1. The fraction of sp³-hybridized carbons (Fsp3) is 0.417. The molecule has 1 unspecified atom stereocenters. The summed E-state index contributed by atoms with van der Waals surface area (Å²) in [4.78, 5) is 10.4. The monoisotopic (exact) mass is 208 g/mol. The molecule has 82 valence electrons. The number of carbonyl (C=O) groups is 1. The largest absolute Gasteiger partial charge is 0.494 e. The molecular formula is C12H16O3. The van der Waals surface area contributed by atoms with Crippen LogP contribution in [-0.4, -0.2) is 18.0 Å². The van der Waals surface area contributed by atoms with Crippen molar-refractivity contribution in [3.63, 3.8) is 0 Å². The third kappa shape index (κ3) is 3.06. The van der Waals surface area contributed by atoms with Gasteiger partial charge in [-0.3, -0.25) is 0 Å². The molecule has 1 aromatic carbocycles. The van der Waals surface area contributed by atoms with E-state index >= 15 is 0 Å². The molecule has 1 rings (SSSR count). The smallest absolute Gasteiger partial charge is 0.123 e. The van der Waals surface area contributed by atoms with Crippen molar-refractivity contribution in [1.29, 1.82) is 0 Å². The molecule has 1 aromatic rings. The zero-order chi connectivity index (χ0) is 11.3. The van der Waals surface area contributed by atoms with Gasteiger partial charge in [0.05, 0.1) is 12.2 Å². The topological polar surface area (TPSA) is 46.5 Å². The molecule has 3 heteroatoms. The molecule has 0 aromatic heterocycles. The minimum absolute atomic E-state index is 0.0982. The molecule has 1 N–H and O–H groups in total. The Hall–Kier alpha value is -1.35. The minimum Gasteiger partial charge on any atom is -0.494 e. The lowest BCUT2D eigenvalue weighted by Gasteiger charge is -2.21. The van der Waals surface area contributed by atoms with E-state index < -0.39 is 5.60 Å². The van der Waals surface area contributed by atoms with Gasteiger partial charge in [-0.1, -0.05) is 12.1 Å². The number of benzene rings is 1. The zero-order valence-corrected chi connectivity index (χ0v) is 9.06. The lowest BCUT2D eigenvalue weighted by atomic mass is 9.93. The predicted octanol–water partition coefficient (Wildman–Crippen LogP) is 1.88. The van der Waals surface area contributed by atoms with Gasteiger partial charge in [0, 0.05) is 6.42 Å². The fourth-order valence-electron chi connectivity index (χ4n) is 1.36. The summed E-state index contributed by atoms with van der Waals surface area (Å²) in [7, 11) is 0. The third-order valence-corrected chi connectivity index (χ3v) is 2.27. The van der Waals surface area contributed by atoms with Gasteiger partial charge in [0.1, 0.15) is 12.0 Å². The van der Waals surface area contributed by atoms with Crippen LogP contribution in [0.25, 0.3) is 0 Å². The van der Waals surface area contributed by atoms with E-state index in [1.165, 1.54) is 0 Å². The van der Waals surface area contributed by atoms with Crippen molar-refractivity contribution >= 4 is 6.29 Å². The second kappa shape index (κ2) is 4.94. The molecule has 0 spiro atoms. The standard InChI is InChI=1S/C12H16O3/c1-3-15-11-6-4-10(5-7-11)12(2,14)8-9-13/h4-7,9,14H,3,8H2,1-2H3. The van der Waals surface area contributed by atoms with Gasteiger partial charge < -0.3 is 14.6 Å². The Morgan fingerprint density at radius 3 is 2.47 bits per heavy atom. The van der Waals surface area contributed by atoms with Gasteiger partial charge in [-0.05, 0) is 31.5 Å². The maximum Gasteiger partial charge on any atom is 0.123 e. The number of aldehydes is 1. The normalized spacial score (nSPS) is 14.3. The Labute approximate surface area is 89.7 Å². The first-order valence-corrected chi connectivity index (χ1v) is 4.99. The molecule has 0 bridgehead atoms. The minimum atomic E-state index is -1.09. The van der Waals surface area contributed by atoms with E-state index in [1.54, 1.807) is 31.2 Å². The summed E-state index contributed by atoms with van der Waals surface area (Å²) in [5, 5.41) is 9.93. The van der Waals surface area contributed by atoms with Crippen LogP contribution in [0, 0.1) is 0 Å². The summed E-state index contributed by atoms with van der Waals surface area (Å²) < 4.78 is 5.28. The molecule has 0 radical (unpaired) electrons. The summed E-state index contributed by atoms with van der Waals surface area (Å²) >= 11 is 0. The highest BCUT2D eigenvalue weighted by Gasteiger charge is 2.22. The molecule has 0 saturated heterocycles. The molecule has 0 aliphatic heterocycles. The third-order valence-electron chi connectivity index (χ3n) is 2.27. The average Bonchev–Trinajstić information content (AvgIpc) is 2.19. The summed E-state index contributed by atoms with van der Waals surface area (Å²) in [6.07, 6.45) is 0.817. The van der Waals surface area contributed by atoms with Crippen molar-refractivity contribution in [2.45, 2.75) is 25.9 Å². The van der Waals surface area contributed by atoms with Crippen LogP contribution in [0.15, 0.2) is 24.3 Å². The molecule has 0 aliphatic carbocycles. The quantitative estimate of drug-likeness (QED) is 0.751. The number of rotatable bonds is 5. The molecule has 0 fully saturated rings. The summed E-state index contributed by atoms with van der Waals surface area (Å²) in [5.41, 5.74) is -0.370. The van der Waals surface area contributed by atoms with Gasteiger partial charge in [0.15, 0.2) is 0 Å². The van der Waals surface area contributed by atoms with E-state index in [4.69, 9.17) is 4.74 Å². The lowest BCUT2D eigenvalue weighted by Crippen LogP contribution is -2.21. The van der Waals surface area contributed by atoms with Gasteiger partial charge in [-0.15, -0.1) is 0 Å². The van der Waals surface area contributed by atoms with Gasteiger partial charge >= 0.3 is 0 Å². The number of carbonyl (C=O) groups excluding carboxylic acids is 1. The van der Waals surface area contributed by atoms with Gasteiger partial charge in [0.25, 0.3) is 0 Å². The van der Waals surface area contributed by atoms with Gasteiger partial charge in [-0.25, -0.2) is 0 Å². The van der Waals surface area contributed by atoms with E-state index in [2.05, 4.69) is 0 Å². The van der Waals surface area contributed by atoms with Crippen LogP contribution in [-0.2, 0) is 10.4 Å². The zero-order valence-electron chi connectivity index (χ0n) is 9.06. The number of ether oxygens (including phenoxy) is 1. The highest BCUT2D eigenvalue weighted by Crippen LogP contribution is 2.25. The van der Waals surface area contributed by atoms with Crippen LogP contribution in [0.3, 0.4) is 0 Å². The number of aliphatic hydroxyl groups is 1. The maximum atomic E-state index is 10.4. The molecule has 0 aliphatic rings. The fourth-order valence-corrected chi connectivity index (χ4v) is 1.36. The summed E-state index contributed by atoms with van der Waals surface area (Å²) in [5.74, 6) is 0.767. The van der Waals surface area contributed by atoms with Crippen LogP contribution in [0.5, 0.6) is 5.75 Å². The first kappa shape index (κ1) is 11.7. The van der Waals surface area contributed by atoms with Crippen molar-refractivity contribution in [1.82, 2.24) is 0 Å². The highest BCUT2D eigenvalue weighted by atomic mass is 16.5. The second-order valence-electron chi connectivity index (χ2n) is 3.60. The van der Waals surface area contributed by atoms with Gasteiger partial charge in [0.2, 0.25) is 0 Å².